The lowest BCUT2D eigenvalue weighted by atomic mass is 10.2. The van der Waals surface area contributed by atoms with Crippen LogP contribution in [-0.2, 0) is 14.3 Å². The highest BCUT2D eigenvalue weighted by Gasteiger charge is 1.99. The number of unbranched alkanes of at least 4 members (excludes halogenated alkanes) is 2. The number of nitrogens with zero attached hydrogens (tertiary/aromatic N) is 1. The molecule has 1 amide bonds. The van der Waals surface area contributed by atoms with Gasteiger partial charge < -0.3 is 15.4 Å². The van der Waals surface area contributed by atoms with Gasteiger partial charge in [-0.3, -0.25) is 15.0 Å². The first-order chi connectivity index (χ1) is 12.0. The van der Waals surface area contributed by atoms with Crippen molar-refractivity contribution < 1.29 is 14.3 Å². The lowest BCUT2D eigenvalue weighted by Gasteiger charge is -2.06. The van der Waals surface area contributed by atoms with Crippen molar-refractivity contribution in [1.82, 2.24) is 10.7 Å². The molecule has 0 aromatic heterocycles. The molecule has 1 aromatic rings. The van der Waals surface area contributed by atoms with E-state index in [1.165, 1.54) is 14.0 Å². The standard InChI is InChI=1S/C17H24N4O3S/c1-13(22)20-15-9-7-14(8-10-15)12-19-21-17(25)18-11-5-3-4-6-16(23)24-2/h7-10,12H,3-6,11H2,1-2H3,(H,20,22)(H2,18,21,25)/b19-12-. The highest BCUT2D eigenvalue weighted by Crippen LogP contribution is 2.07. The number of benzene rings is 1. The van der Waals surface area contributed by atoms with Crippen molar-refractivity contribution in [3.8, 4) is 0 Å². The highest BCUT2D eigenvalue weighted by atomic mass is 32.1. The maximum atomic E-state index is 11.0. The maximum absolute atomic E-state index is 11.0. The van der Waals surface area contributed by atoms with Crippen molar-refractivity contribution in [1.29, 1.82) is 0 Å². The van der Waals surface area contributed by atoms with E-state index in [1.54, 1.807) is 18.3 Å². The second kappa shape index (κ2) is 12.0. The molecule has 0 radical (unpaired) electrons. The second-order valence-corrected chi connectivity index (χ2v) is 5.72. The zero-order valence-electron chi connectivity index (χ0n) is 14.5. The van der Waals surface area contributed by atoms with Crippen molar-refractivity contribution in [3.05, 3.63) is 29.8 Å². The van der Waals surface area contributed by atoms with E-state index in [4.69, 9.17) is 12.2 Å². The lowest BCUT2D eigenvalue weighted by Crippen LogP contribution is -2.32. The molecule has 0 aliphatic heterocycles. The van der Waals surface area contributed by atoms with Crippen molar-refractivity contribution in [2.45, 2.75) is 32.6 Å². The Labute approximate surface area is 153 Å². The second-order valence-electron chi connectivity index (χ2n) is 5.32. The Hall–Kier alpha value is -2.48. The molecule has 1 aromatic carbocycles. The summed E-state index contributed by atoms with van der Waals surface area (Å²) in [6.45, 7) is 2.18. The summed E-state index contributed by atoms with van der Waals surface area (Å²) in [5.74, 6) is -0.283. The van der Waals surface area contributed by atoms with Crippen LogP contribution in [0.4, 0.5) is 5.69 Å². The summed E-state index contributed by atoms with van der Waals surface area (Å²) in [5.41, 5.74) is 4.36. The van der Waals surface area contributed by atoms with E-state index in [2.05, 4.69) is 25.9 Å². The molecular formula is C17H24N4O3S. The van der Waals surface area contributed by atoms with Crippen LogP contribution in [-0.4, -0.2) is 36.9 Å². The minimum atomic E-state index is -0.176. The number of hydrogen-bond donors (Lipinski definition) is 3. The van der Waals surface area contributed by atoms with Gasteiger partial charge in [-0.15, -0.1) is 0 Å². The Morgan fingerprint density at radius 2 is 1.92 bits per heavy atom. The zero-order chi connectivity index (χ0) is 18.5. The molecule has 0 aliphatic rings. The molecular weight excluding hydrogens is 340 g/mol. The van der Waals surface area contributed by atoms with E-state index in [9.17, 15) is 9.59 Å². The molecule has 0 atom stereocenters. The average molecular weight is 364 g/mol. The van der Waals surface area contributed by atoms with Crippen LogP contribution in [0.5, 0.6) is 0 Å². The van der Waals surface area contributed by atoms with Crippen LogP contribution in [0.25, 0.3) is 0 Å². The number of amides is 1. The fraction of sp³-hybridized carbons (Fsp3) is 0.412. The van der Waals surface area contributed by atoms with E-state index in [0.29, 0.717) is 18.1 Å². The molecule has 25 heavy (non-hydrogen) atoms. The van der Waals surface area contributed by atoms with Crippen LogP contribution < -0.4 is 16.1 Å². The Kier molecular flexibility index (Phi) is 9.84. The third kappa shape index (κ3) is 10.1. The maximum Gasteiger partial charge on any atom is 0.305 e. The van der Waals surface area contributed by atoms with E-state index in [-0.39, 0.29) is 11.9 Å². The largest absolute Gasteiger partial charge is 0.469 e. The number of rotatable bonds is 9. The first kappa shape index (κ1) is 20.6. The van der Waals surface area contributed by atoms with Crippen LogP contribution in [0.3, 0.4) is 0 Å². The van der Waals surface area contributed by atoms with Crippen molar-refractivity contribution in [2.24, 2.45) is 5.10 Å². The molecule has 0 heterocycles. The van der Waals surface area contributed by atoms with Gasteiger partial charge in [0.1, 0.15) is 0 Å². The monoisotopic (exact) mass is 364 g/mol. The number of hydrogen-bond acceptors (Lipinski definition) is 5. The molecule has 0 bridgehead atoms. The molecule has 0 saturated carbocycles. The zero-order valence-corrected chi connectivity index (χ0v) is 15.3. The smallest absolute Gasteiger partial charge is 0.305 e. The summed E-state index contributed by atoms with van der Waals surface area (Å²) in [4.78, 5) is 21.9. The summed E-state index contributed by atoms with van der Waals surface area (Å²) in [5, 5.41) is 10.2. The predicted octanol–water partition coefficient (Wildman–Crippen LogP) is 2.18. The Morgan fingerprint density at radius 1 is 1.20 bits per heavy atom. The van der Waals surface area contributed by atoms with Crippen LogP contribution in [0.2, 0.25) is 0 Å². The summed E-state index contributed by atoms with van der Waals surface area (Å²) < 4.78 is 4.58. The molecule has 1 rings (SSSR count). The molecule has 0 spiro atoms. The van der Waals surface area contributed by atoms with Gasteiger partial charge in [-0.25, -0.2) is 0 Å². The van der Waals surface area contributed by atoms with Crippen molar-refractivity contribution >= 4 is 41.1 Å². The summed E-state index contributed by atoms with van der Waals surface area (Å²) in [6, 6.07) is 7.28. The predicted molar refractivity (Wildman–Crippen MR) is 103 cm³/mol. The first-order valence-electron chi connectivity index (χ1n) is 8.02. The number of ether oxygens (including phenoxy) is 1. The molecule has 7 nitrogen and oxygen atoms in total. The third-order valence-electron chi connectivity index (χ3n) is 3.18. The molecule has 3 N–H and O–H groups in total. The van der Waals surface area contributed by atoms with Gasteiger partial charge in [0.15, 0.2) is 5.11 Å². The number of esters is 1. The van der Waals surface area contributed by atoms with Gasteiger partial charge in [-0.05, 0) is 42.8 Å². The third-order valence-corrected chi connectivity index (χ3v) is 3.42. The minimum absolute atomic E-state index is 0.107. The number of methoxy groups -OCH3 is 1. The SMILES string of the molecule is COC(=O)CCCCCNC(=S)N/N=C\c1ccc(NC(C)=O)cc1. The Morgan fingerprint density at radius 3 is 2.56 bits per heavy atom. The van der Waals surface area contributed by atoms with Crippen LogP contribution in [0.15, 0.2) is 29.4 Å². The summed E-state index contributed by atoms with van der Waals surface area (Å²) >= 11 is 5.12. The minimum Gasteiger partial charge on any atom is -0.469 e. The summed E-state index contributed by atoms with van der Waals surface area (Å²) in [7, 11) is 1.39. The molecule has 8 heteroatoms. The fourth-order valence-corrected chi connectivity index (χ4v) is 2.09. The Balaban J connectivity index is 2.17. The van der Waals surface area contributed by atoms with Crippen molar-refractivity contribution in [2.75, 3.05) is 19.0 Å². The number of hydrazone groups is 1. The van der Waals surface area contributed by atoms with Gasteiger partial charge in [0.25, 0.3) is 0 Å². The van der Waals surface area contributed by atoms with Gasteiger partial charge >= 0.3 is 5.97 Å². The molecule has 0 aliphatic carbocycles. The molecule has 0 saturated heterocycles. The summed E-state index contributed by atoms with van der Waals surface area (Å²) in [6.07, 6.45) is 4.73. The fourth-order valence-electron chi connectivity index (χ4n) is 1.94. The average Bonchev–Trinajstić information content (AvgIpc) is 2.58. The van der Waals surface area contributed by atoms with Gasteiger partial charge in [-0.1, -0.05) is 18.6 Å². The molecule has 0 unspecified atom stereocenters. The first-order valence-corrected chi connectivity index (χ1v) is 8.43. The normalized spacial score (nSPS) is 10.3. The Bertz CT molecular complexity index is 602. The van der Waals surface area contributed by atoms with Gasteiger partial charge in [0.2, 0.25) is 5.91 Å². The number of anilines is 1. The van der Waals surface area contributed by atoms with Gasteiger partial charge in [-0.2, -0.15) is 5.10 Å². The van der Waals surface area contributed by atoms with Gasteiger partial charge in [0.05, 0.1) is 13.3 Å². The number of nitrogens with one attached hydrogen (secondary N) is 3. The molecule has 0 fully saturated rings. The van der Waals surface area contributed by atoms with Crippen molar-refractivity contribution in [3.63, 3.8) is 0 Å². The topological polar surface area (TPSA) is 91.8 Å². The lowest BCUT2D eigenvalue weighted by molar-refractivity contribution is -0.140. The van der Waals surface area contributed by atoms with Gasteiger partial charge in [0, 0.05) is 25.6 Å². The number of carbonyl (C=O) groups excluding carboxylic acids is 2. The van der Waals surface area contributed by atoms with Crippen LogP contribution >= 0.6 is 12.2 Å². The highest BCUT2D eigenvalue weighted by molar-refractivity contribution is 7.80. The molecule has 136 valence electrons. The number of carbonyl (C=O) groups is 2. The van der Waals surface area contributed by atoms with E-state index in [0.717, 1.165) is 30.5 Å². The van der Waals surface area contributed by atoms with E-state index < -0.39 is 0 Å². The quantitative estimate of drug-likeness (QED) is 0.204. The van der Waals surface area contributed by atoms with E-state index in [1.807, 2.05) is 12.1 Å². The van der Waals surface area contributed by atoms with Crippen LogP contribution in [0, 0.1) is 0 Å². The number of thiocarbonyl (C=S) groups is 1. The van der Waals surface area contributed by atoms with Crippen LogP contribution in [0.1, 0.15) is 38.2 Å². The van der Waals surface area contributed by atoms with E-state index >= 15 is 0 Å².